The van der Waals surface area contributed by atoms with Gasteiger partial charge in [-0.05, 0) is 31.2 Å². The Bertz CT molecular complexity index is 679. The van der Waals surface area contributed by atoms with E-state index in [1.165, 1.54) is 12.1 Å². The van der Waals surface area contributed by atoms with E-state index in [4.69, 9.17) is 27.9 Å². The molecule has 3 nitrogen and oxygen atoms in total. The lowest BCUT2D eigenvalue weighted by atomic mass is 10.2. The van der Waals surface area contributed by atoms with Crippen LogP contribution in [-0.2, 0) is 11.3 Å². The van der Waals surface area contributed by atoms with E-state index in [0.29, 0.717) is 21.4 Å². The van der Waals surface area contributed by atoms with Gasteiger partial charge in [-0.25, -0.2) is 4.39 Å². The highest BCUT2D eigenvalue weighted by molar-refractivity contribution is 6.35. The van der Waals surface area contributed by atoms with E-state index in [9.17, 15) is 9.18 Å². The summed E-state index contributed by atoms with van der Waals surface area (Å²) in [6.45, 7) is 1.68. The lowest BCUT2D eigenvalue weighted by Crippen LogP contribution is -2.36. The fourth-order valence-electron chi connectivity index (χ4n) is 1.78. The Morgan fingerprint density at radius 3 is 2.68 bits per heavy atom. The minimum atomic E-state index is -0.773. The van der Waals surface area contributed by atoms with E-state index in [0.717, 1.165) is 0 Å². The van der Waals surface area contributed by atoms with Crippen molar-refractivity contribution in [3.8, 4) is 5.75 Å². The van der Waals surface area contributed by atoms with Gasteiger partial charge in [-0.2, -0.15) is 0 Å². The van der Waals surface area contributed by atoms with Crippen LogP contribution in [0.2, 0.25) is 10.0 Å². The van der Waals surface area contributed by atoms with Crippen molar-refractivity contribution in [3.63, 3.8) is 0 Å². The molecule has 0 aromatic heterocycles. The van der Waals surface area contributed by atoms with Crippen LogP contribution in [0, 0.1) is 5.82 Å². The number of nitrogens with one attached hydrogen (secondary N) is 1. The molecule has 0 aliphatic carbocycles. The zero-order valence-corrected chi connectivity index (χ0v) is 13.3. The Morgan fingerprint density at radius 1 is 1.27 bits per heavy atom. The molecule has 2 rings (SSSR count). The molecule has 0 unspecified atom stereocenters. The highest BCUT2D eigenvalue weighted by Crippen LogP contribution is 2.28. The zero-order valence-electron chi connectivity index (χ0n) is 11.8. The highest BCUT2D eigenvalue weighted by Gasteiger charge is 2.16. The second-order valence-electron chi connectivity index (χ2n) is 4.64. The molecule has 0 radical (unpaired) electrons. The molecule has 22 heavy (non-hydrogen) atoms. The van der Waals surface area contributed by atoms with E-state index in [-0.39, 0.29) is 18.3 Å². The number of ether oxygens (including phenoxy) is 1. The van der Waals surface area contributed by atoms with Gasteiger partial charge in [0.05, 0.1) is 5.02 Å². The molecule has 0 heterocycles. The molecule has 1 N–H and O–H groups in total. The van der Waals surface area contributed by atoms with Crippen LogP contribution in [0.15, 0.2) is 42.5 Å². The summed E-state index contributed by atoms with van der Waals surface area (Å²) in [5.74, 6) is -0.369. The largest absolute Gasteiger partial charge is 0.479 e. The van der Waals surface area contributed by atoms with Gasteiger partial charge in [0, 0.05) is 17.1 Å². The number of amides is 1. The Balaban J connectivity index is 1.93. The van der Waals surface area contributed by atoms with Crippen molar-refractivity contribution in [2.75, 3.05) is 0 Å². The fraction of sp³-hybridized carbons (Fsp3) is 0.188. The van der Waals surface area contributed by atoms with E-state index in [1.807, 2.05) is 0 Å². The molecule has 0 saturated heterocycles. The predicted octanol–water partition coefficient (Wildman–Crippen LogP) is 4.22. The second-order valence-corrected chi connectivity index (χ2v) is 5.49. The summed E-state index contributed by atoms with van der Waals surface area (Å²) < 4.78 is 19.0. The minimum absolute atomic E-state index is 0.0908. The molecule has 6 heteroatoms. The summed E-state index contributed by atoms with van der Waals surface area (Å²) in [5, 5.41) is 3.42. The van der Waals surface area contributed by atoms with Crippen molar-refractivity contribution in [1.29, 1.82) is 0 Å². The fourth-order valence-corrected chi connectivity index (χ4v) is 2.24. The Kier molecular flexibility index (Phi) is 5.63. The third kappa shape index (κ3) is 4.36. The number of carbonyl (C=O) groups excluding carboxylic acids is 1. The van der Waals surface area contributed by atoms with Crippen LogP contribution in [-0.4, -0.2) is 12.0 Å². The predicted molar refractivity (Wildman–Crippen MR) is 84.8 cm³/mol. The maximum atomic E-state index is 13.5. The topological polar surface area (TPSA) is 38.3 Å². The first-order valence-corrected chi connectivity index (χ1v) is 7.36. The number of carbonyl (C=O) groups is 1. The van der Waals surface area contributed by atoms with E-state index < -0.39 is 6.10 Å². The lowest BCUT2D eigenvalue weighted by Gasteiger charge is -2.16. The zero-order chi connectivity index (χ0) is 16.1. The quantitative estimate of drug-likeness (QED) is 0.884. The number of hydrogen-bond donors (Lipinski definition) is 1. The van der Waals surface area contributed by atoms with Crippen LogP contribution in [0.3, 0.4) is 0 Å². The smallest absolute Gasteiger partial charge is 0.261 e. The molecule has 0 bridgehead atoms. The molecular formula is C16H14Cl2FNO2. The van der Waals surface area contributed by atoms with Gasteiger partial charge in [-0.1, -0.05) is 41.4 Å². The molecule has 116 valence electrons. The van der Waals surface area contributed by atoms with Crippen molar-refractivity contribution >= 4 is 29.1 Å². The summed E-state index contributed by atoms with van der Waals surface area (Å²) >= 11 is 11.8. The molecule has 0 aliphatic rings. The van der Waals surface area contributed by atoms with Gasteiger partial charge in [0.15, 0.2) is 6.10 Å². The van der Waals surface area contributed by atoms with Crippen molar-refractivity contribution in [2.45, 2.75) is 19.6 Å². The monoisotopic (exact) mass is 341 g/mol. The molecular weight excluding hydrogens is 328 g/mol. The maximum absolute atomic E-state index is 13.5. The van der Waals surface area contributed by atoms with Crippen molar-refractivity contribution in [1.82, 2.24) is 5.32 Å². The second kappa shape index (κ2) is 7.47. The summed E-state index contributed by atoms with van der Waals surface area (Å²) in [6.07, 6.45) is -0.773. The first-order chi connectivity index (χ1) is 10.5. The number of benzene rings is 2. The standard InChI is InChI=1S/C16H14Cl2FNO2/c1-10(22-15-7-6-12(17)8-13(15)18)16(21)20-9-11-4-2-3-5-14(11)19/h2-8,10H,9H2,1H3,(H,20,21)/t10-/m1/s1. The maximum Gasteiger partial charge on any atom is 0.261 e. The Morgan fingerprint density at radius 2 is 2.00 bits per heavy atom. The normalized spacial score (nSPS) is 11.8. The van der Waals surface area contributed by atoms with Gasteiger partial charge in [0.1, 0.15) is 11.6 Å². The molecule has 0 aliphatic heterocycles. The van der Waals surface area contributed by atoms with Gasteiger partial charge >= 0.3 is 0 Å². The van der Waals surface area contributed by atoms with Crippen LogP contribution in [0.25, 0.3) is 0 Å². The lowest BCUT2D eigenvalue weighted by molar-refractivity contribution is -0.127. The van der Waals surface area contributed by atoms with Crippen LogP contribution < -0.4 is 10.1 Å². The first-order valence-electron chi connectivity index (χ1n) is 6.60. The molecule has 0 fully saturated rings. The van der Waals surface area contributed by atoms with Crippen LogP contribution in [0.1, 0.15) is 12.5 Å². The van der Waals surface area contributed by atoms with E-state index >= 15 is 0 Å². The summed E-state index contributed by atoms with van der Waals surface area (Å²) in [7, 11) is 0. The molecule has 2 aromatic rings. The summed E-state index contributed by atoms with van der Waals surface area (Å²) in [6, 6.07) is 11.0. The first kappa shape index (κ1) is 16.6. The van der Waals surface area contributed by atoms with Gasteiger partial charge < -0.3 is 10.1 Å². The van der Waals surface area contributed by atoms with Gasteiger partial charge in [0.2, 0.25) is 0 Å². The molecule has 0 spiro atoms. The highest BCUT2D eigenvalue weighted by atomic mass is 35.5. The summed E-state index contributed by atoms with van der Waals surface area (Å²) in [5.41, 5.74) is 0.410. The summed E-state index contributed by atoms with van der Waals surface area (Å²) in [4.78, 5) is 12.0. The number of rotatable bonds is 5. The van der Waals surface area contributed by atoms with Crippen LogP contribution in [0.5, 0.6) is 5.75 Å². The van der Waals surface area contributed by atoms with Gasteiger partial charge in [-0.3, -0.25) is 4.79 Å². The van der Waals surface area contributed by atoms with Crippen molar-refractivity contribution in [3.05, 3.63) is 63.9 Å². The van der Waals surface area contributed by atoms with Crippen molar-refractivity contribution in [2.24, 2.45) is 0 Å². The van der Waals surface area contributed by atoms with Crippen molar-refractivity contribution < 1.29 is 13.9 Å². The number of halogens is 3. The third-order valence-corrected chi connectivity index (χ3v) is 3.51. The molecule has 2 aromatic carbocycles. The SMILES string of the molecule is C[C@@H](Oc1ccc(Cl)cc1Cl)C(=O)NCc1ccccc1F. The van der Waals surface area contributed by atoms with Crippen LogP contribution in [0.4, 0.5) is 4.39 Å². The van der Waals surface area contributed by atoms with Gasteiger partial charge in [0.25, 0.3) is 5.91 Å². The molecule has 1 amide bonds. The molecule has 0 saturated carbocycles. The molecule has 1 atom stereocenters. The van der Waals surface area contributed by atoms with E-state index in [1.54, 1.807) is 37.3 Å². The minimum Gasteiger partial charge on any atom is -0.479 e. The average molecular weight is 342 g/mol. The number of hydrogen-bond acceptors (Lipinski definition) is 2. The van der Waals surface area contributed by atoms with Crippen LogP contribution >= 0.6 is 23.2 Å². The third-order valence-electron chi connectivity index (χ3n) is 2.98. The van der Waals surface area contributed by atoms with E-state index in [2.05, 4.69) is 5.32 Å². The Hall–Kier alpha value is -1.78. The average Bonchev–Trinajstić information content (AvgIpc) is 2.49. The van der Waals surface area contributed by atoms with Gasteiger partial charge in [-0.15, -0.1) is 0 Å². The Labute approximate surface area is 138 Å².